The Morgan fingerprint density at radius 1 is 1.14 bits per heavy atom. The summed E-state index contributed by atoms with van der Waals surface area (Å²) in [5.74, 6) is 9.43. The minimum absolute atomic E-state index is 0.422. The van der Waals surface area contributed by atoms with Crippen molar-refractivity contribution in [2.45, 2.75) is 25.4 Å². The third kappa shape index (κ3) is 4.98. The first-order chi connectivity index (χ1) is 10.0. The van der Waals surface area contributed by atoms with Gasteiger partial charge in [-0.2, -0.15) is 0 Å². The summed E-state index contributed by atoms with van der Waals surface area (Å²) in [4.78, 5) is 0. The smallest absolute Gasteiger partial charge is 0.107 e. The van der Waals surface area contributed by atoms with Crippen LogP contribution >= 0.6 is 23.5 Å². The highest BCUT2D eigenvalue weighted by atomic mass is 32.2. The van der Waals surface area contributed by atoms with Crippen LogP contribution in [-0.4, -0.2) is 25.2 Å². The molecule has 0 radical (unpaired) electrons. The lowest BCUT2D eigenvalue weighted by Crippen LogP contribution is -2.27. The molecule has 0 N–H and O–H groups in total. The molecule has 0 amide bonds. The number of hydrogen-bond donors (Lipinski definition) is 0. The normalized spacial score (nSPS) is 22.5. The molecule has 1 aliphatic heterocycles. The van der Waals surface area contributed by atoms with Crippen LogP contribution in [0.2, 0.25) is 0 Å². The summed E-state index contributed by atoms with van der Waals surface area (Å²) in [5, 5.41) is 0. The highest BCUT2D eigenvalue weighted by Gasteiger charge is 2.31. The highest BCUT2D eigenvalue weighted by Crippen LogP contribution is 2.49. The zero-order valence-electron chi connectivity index (χ0n) is 13.3. The molecule has 3 heteroatoms. The van der Waals surface area contributed by atoms with E-state index < -0.39 is 0 Å². The SMILES string of the molecule is COCC#Cc1ccc(C2SCC(C(C)(C)C)CS2)cc1. The minimum Gasteiger partial charge on any atom is -0.372 e. The maximum atomic E-state index is 4.94. The van der Waals surface area contributed by atoms with Crippen LogP contribution in [0.4, 0.5) is 0 Å². The summed E-state index contributed by atoms with van der Waals surface area (Å²) in [6, 6.07) is 8.68. The molecule has 0 saturated carbocycles. The highest BCUT2D eigenvalue weighted by molar-refractivity contribution is 8.16. The van der Waals surface area contributed by atoms with Gasteiger partial charge in [-0.25, -0.2) is 0 Å². The Morgan fingerprint density at radius 2 is 1.76 bits per heavy atom. The predicted molar refractivity (Wildman–Crippen MR) is 95.8 cm³/mol. The third-order valence-electron chi connectivity index (χ3n) is 3.75. The van der Waals surface area contributed by atoms with Crippen LogP contribution in [0.1, 0.15) is 36.5 Å². The van der Waals surface area contributed by atoms with Crippen molar-refractivity contribution in [2.24, 2.45) is 11.3 Å². The predicted octanol–water partition coefficient (Wildman–Crippen LogP) is 4.83. The van der Waals surface area contributed by atoms with Gasteiger partial charge in [-0.3, -0.25) is 0 Å². The Hall–Kier alpha value is -0.560. The van der Waals surface area contributed by atoms with Crippen LogP contribution in [0.5, 0.6) is 0 Å². The summed E-state index contributed by atoms with van der Waals surface area (Å²) in [5.41, 5.74) is 2.90. The van der Waals surface area contributed by atoms with Crippen LogP contribution in [0.25, 0.3) is 0 Å². The quantitative estimate of drug-likeness (QED) is 0.723. The van der Waals surface area contributed by atoms with Crippen LogP contribution in [0.3, 0.4) is 0 Å². The van der Waals surface area contributed by atoms with Gasteiger partial charge in [0.1, 0.15) is 6.61 Å². The average Bonchev–Trinajstić information content (AvgIpc) is 2.48. The Morgan fingerprint density at radius 3 is 2.29 bits per heavy atom. The zero-order chi connectivity index (χ0) is 15.3. The van der Waals surface area contributed by atoms with E-state index in [1.54, 1.807) is 7.11 Å². The van der Waals surface area contributed by atoms with Crippen LogP contribution in [-0.2, 0) is 4.74 Å². The second-order valence-electron chi connectivity index (χ2n) is 6.42. The number of benzene rings is 1. The fourth-order valence-electron chi connectivity index (χ4n) is 2.13. The molecule has 1 heterocycles. The van der Waals surface area contributed by atoms with Crippen molar-refractivity contribution in [3.05, 3.63) is 35.4 Å². The zero-order valence-corrected chi connectivity index (χ0v) is 14.9. The van der Waals surface area contributed by atoms with Gasteiger partial charge in [0.2, 0.25) is 0 Å². The van der Waals surface area contributed by atoms with Crippen molar-refractivity contribution < 1.29 is 4.74 Å². The van der Waals surface area contributed by atoms with Gasteiger partial charge in [0.15, 0.2) is 0 Å². The maximum Gasteiger partial charge on any atom is 0.107 e. The first kappa shape index (κ1) is 16.8. The number of hydrogen-bond acceptors (Lipinski definition) is 3. The van der Waals surface area contributed by atoms with Crippen molar-refractivity contribution in [3.8, 4) is 11.8 Å². The number of rotatable bonds is 2. The van der Waals surface area contributed by atoms with Gasteiger partial charge in [-0.1, -0.05) is 44.7 Å². The van der Waals surface area contributed by atoms with E-state index in [0.717, 1.165) is 11.5 Å². The lowest BCUT2D eigenvalue weighted by atomic mass is 9.83. The molecular weight excluding hydrogens is 296 g/mol. The van der Waals surface area contributed by atoms with E-state index >= 15 is 0 Å². The molecule has 0 unspecified atom stereocenters. The molecule has 1 aliphatic rings. The summed E-state index contributed by atoms with van der Waals surface area (Å²) in [7, 11) is 1.67. The lowest BCUT2D eigenvalue weighted by molar-refractivity contribution is 0.240. The van der Waals surface area contributed by atoms with E-state index in [-0.39, 0.29) is 0 Å². The topological polar surface area (TPSA) is 9.23 Å². The number of thioether (sulfide) groups is 2. The largest absolute Gasteiger partial charge is 0.372 e. The van der Waals surface area contributed by atoms with Crippen molar-refractivity contribution in [2.75, 3.05) is 25.2 Å². The second kappa shape index (κ2) is 7.63. The molecule has 1 saturated heterocycles. The molecule has 1 aromatic rings. The molecule has 114 valence electrons. The maximum absolute atomic E-state index is 4.94. The third-order valence-corrected chi connectivity index (χ3v) is 6.91. The summed E-state index contributed by atoms with van der Waals surface area (Å²) < 4.78 is 5.51. The minimum atomic E-state index is 0.422. The van der Waals surface area contributed by atoms with Crippen molar-refractivity contribution in [3.63, 3.8) is 0 Å². The molecule has 0 atom stereocenters. The molecule has 1 nitrogen and oxygen atoms in total. The van der Waals surface area contributed by atoms with E-state index in [2.05, 4.69) is 80.4 Å². The van der Waals surface area contributed by atoms with Gasteiger partial charge >= 0.3 is 0 Å². The van der Waals surface area contributed by atoms with Gasteiger partial charge in [0, 0.05) is 12.7 Å². The summed E-state index contributed by atoms with van der Waals surface area (Å²) in [6.45, 7) is 7.55. The Labute approximate surface area is 137 Å². The summed E-state index contributed by atoms with van der Waals surface area (Å²) in [6.07, 6.45) is 0. The second-order valence-corrected chi connectivity index (χ2v) is 8.99. The van der Waals surface area contributed by atoms with E-state index in [9.17, 15) is 0 Å². The number of methoxy groups -OCH3 is 1. The van der Waals surface area contributed by atoms with Gasteiger partial charge in [-0.15, -0.1) is 23.5 Å². The fraction of sp³-hybridized carbons (Fsp3) is 0.556. The van der Waals surface area contributed by atoms with Crippen molar-refractivity contribution >= 4 is 23.5 Å². The van der Waals surface area contributed by atoms with Crippen LogP contribution in [0, 0.1) is 23.2 Å². The first-order valence-corrected chi connectivity index (χ1v) is 9.41. The molecule has 0 spiro atoms. The average molecular weight is 321 g/mol. The van der Waals surface area contributed by atoms with Gasteiger partial charge < -0.3 is 4.74 Å². The molecule has 0 aromatic heterocycles. The molecular formula is C18H24OS2. The Kier molecular flexibility index (Phi) is 6.10. The monoisotopic (exact) mass is 320 g/mol. The standard InChI is InChI=1S/C18H24OS2/c1-18(2,3)16-12-20-17(21-13-16)15-9-7-14(8-10-15)6-5-11-19-4/h7-10,16-17H,11-13H2,1-4H3. The molecule has 2 rings (SSSR count). The Bertz CT molecular complexity index is 497. The van der Waals surface area contributed by atoms with E-state index in [0.29, 0.717) is 16.6 Å². The summed E-state index contributed by atoms with van der Waals surface area (Å²) >= 11 is 4.17. The van der Waals surface area contributed by atoms with E-state index in [1.807, 2.05) is 0 Å². The Balaban J connectivity index is 1.94. The lowest BCUT2D eigenvalue weighted by Gasteiger charge is -2.36. The van der Waals surface area contributed by atoms with Gasteiger partial charge in [-0.05, 0) is 40.5 Å². The molecule has 21 heavy (non-hydrogen) atoms. The fourth-order valence-corrected chi connectivity index (χ4v) is 5.88. The number of ether oxygens (including phenoxy) is 1. The molecule has 1 fully saturated rings. The van der Waals surface area contributed by atoms with Crippen molar-refractivity contribution in [1.29, 1.82) is 0 Å². The van der Waals surface area contributed by atoms with Gasteiger partial charge in [0.25, 0.3) is 0 Å². The van der Waals surface area contributed by atoms with E-state index in [4.69, 9.17) is 4.74 Å². The van der Waals surface area contributed by atoms with Crippen molar-refractivity contribution in [1.82, 2.24) is 0 Å². The van der Waals surface area contributed by atoms with E-state index in [1.165, 1.54) is 17.1 Å². The van der Waals surface area contributed by atoms with Crippen LogP contribution in [0.15, 0.2) is 24.3 Å². The molecule has 0 bridgehead atoms. The molecule has 1 aromatic carbocycles. The molecule has 0 aliphatic carbocycles. The van der Waals surface area contributed by atoms with Gasteiger partial charge in [0.05, 0.1) is 4.58 Å². The first-order valence-electron chi connectivity index (χ1n) is 7.31. The van der Waals surface area contributed by atoms with Crippen LogP contribution < -0.4 is 0 Å².